The fourth-order valence-electron chi connectivity index (χ4n) is 3.18. The van der Waals surface area contributed by atoms with Gasteiger partial charge in [-0.15, -0.1) is 10.2 Å². The number of hydrogen-bond acceptors (Lipinski definition) is 6. The second-order valence-corrected chi connectivity index (χ2v) is 7.94. The number of benzene rings is 1. The van der Waals surface area contributed by atoms with Gasteiger partial charge in [-0.2, -0.15) is 0 Å². The molecule has 0 aliphatic carbocycles. The van der Waals surface area contributed by atoms with E-state index in [2.05, 4.69) is 10.2 Å². The Bertz CT molecular complexity index is 754. The largest absolute Gasteiger partial charge is 0.494 e. The van der Waals surface area contributed by atoms with Crippen molar-refractivity contribution in [2.24, 2.45) is 0 Å². The van der Waals surface area contributed by atoms with E-state index in [9.17, 15) is 4.79 Å². The predicted octanol–water partition coefficient (Wildman–Crippen LogP) is 2.94. The first-order chi connectivity index (χ1) is 13.1. The molecular weight excluding hydrogens is 362 g/mol. The van der Waals surface area contributed by atoms with Crippen LogP contribution in [0.5, 0.6) is 5.75 Å². The van der Waals surface area contributed by atoms with Crippen LogP contribution in [-0.4, -0.2) is 50.6 Å². The van der Waals surface area contributed by atoms with E-state index >= 15 is 0 Å². The monoisotopic (exact) mass is 389 g/mol. The van der Waals surface area contributed by atoms with Gasteiger partial charge in [0.2, 0.25) is 11.1 Å². The topological polar surface area (TPSA) is 86.3 Å². The maximum atomic E-state index is 12.7. The second-order valence-electron chi connectivity index (χ2n) is 6.63. The van der Waals surface area contributed by atoms with Crippen LogP contribution in [0.2, 0.25) is 0 Å². The minimum absolute atomic E-state index is 0.146. The van der Waals surface area contributed by atoms with Gasteiger partial charge < -0.3 is 15.5 Å². The minimum atomic E-state index is -0.247. The van der Waals surface area contributed by atoms with Crippen molar-refractivity contribution in [2.75, 3.05) is 25.5 Å². The van der Waals surface area contributed by atoms with Crippen LogP contribution in [0, 0.1) is 0 Å². The van der Waals surface area contributed by atoms with E-state index < -0.39 is 0 Å². The summed E-state index contributed by atoms with van der Waals surface area (Å²) in [5.41, 5.74) is 0.854. The highest BCUT2D eigenvalue weighted by atomic mass is 32.2. The van der Waals surface area contributed by atoms with Gasteiger partial charge in [0.25, 0.3) is 0 Å². The summed E-state index contributed by atoms with van der Waals surface area (Å²) in [5, 5.41) is 8.68. The van der Waals surface area contributed by atoms with Gasteiger partial charge in [-0.25, -0.2) is 4.68 Å². The lowest BCUT2D eigenvalue weighted by atomic mass is 10.2. The Morgan fingerprint density at radius 3 is 2.48 bits per heavy atom. The van der Waals surface area contributed by atoms with Gasteiger partial charge in [0.1, 0.15) is 5.75 Å². The molecule has 1 aliphatic heterocycles. The van der Waals surface area contributed by atoms with E-state index in [1.165, 1.54) is 29.3 Å². The molecule has 0 bridgehead atoms. The number of rotatable bonds is 6. The van der Waals surface area contributed by atoms with Gasteiger partial charge in [0.05, 0.1) is 11.9 Å². The van der Waals surface area contributed by atoms with Gasteiger partial charge in [0.15, 0.2) is 5.82 Å². The molecule has 7 nitrogen and oxygen atoms in total. The Morgan fingerprint density at radius 2 is 1.85 bits per heavy atom. The number of nitrogen functional groups attached to an aromatic ring is 1. The molecule has 0 spiro atoms. The maximum Gasteiger partial charge on any atom is 0.235 e. The van der Waals surface area contributed by atoms with Crippen molar-refractivity contribution in [3.63, 3.8) is 0 Å². The number of nitrogens with zero attached hydrogens (tertiary/aromatic N) is 4. The number of carbonyl (C=O) groups excluding carboxylic acids is 1. The number of amides is 1. The average molecular weight is 390 g/mol. The number of thioether (sulfide) groups is 1. The maximum absolute atomic E-state index is 12.7. The number of nitrogens with two attached hydrogens (primary N) is 1. The highest BCUT2D eigenvalue weighted by Crippen LogP contribution is 2.27. The summed E-state index contributed by atoms with van der Waals surface area (Å²) in [6.45, 7) is 6.16. The molecule has 27 heavy (non-hydrogen) atoms. The number of hydrogen-bond donors (Lipinski definition) is 1. The van der Waals surface area contributed by atoms with Gasteiger partial charge in [0, 0.05) is 18.7 Å². The van der Waals surface area contributed by atoms with E-state index in [0.717, 1.165) is 37.2 Å². The number of ether oxygens (including phenoxy) is 1. The molecular formula is C19H27N5O2S. The molecule has 1 amide bonds. The van der Waals surface area contributed by atoms with Crippen LogP contribution in [-0.2, 0) is 4.79 Å². The summed E-state index contributed by atoms with van der Waals surface area (Å²) in [5.74, 6) is 7.71. The highest BCUT2D eigenvalue weighted by molar-refractivity contribution is 8.00. The van der Waals surface area contributed by atoms with Crippen molar-refractivity contribution in [3.05, 3.63) is 24.3 Å². The molecule has 1 fully saturated rings. The van der Waals surface area contributed by atoms with Crippen molar-refractivity contribution in [1.29, 1.82) is 0 Å². The molecule has 1 unspecified atom stereocenters. The summed E-state index contributed by atoms with van der Waals surface area (Å²) in [6, 6.07) is 7.56. The molecule has 1 saturated heterocycles. The van der Waals surface area contributed by atoms with E-state index in [1.807, 2.05) is 43.0 Å². The Morgan fingerprint density at radius 1 is 1.19 bits per heavy atom. The molecule has 1 atom stereocenters. The third kappa shape index (κ3) is 4.74. The van der Waals surface area contributed by atoms with Crippen molar-refractivity contribution in [1.82, 2.24) is 19.8 Å². The predicted molar refractivity (Wildman–Crippen MR) is 107 cm³/mol. The number of aromatic nitrogens is 3. The summed E-state index contributed by atoms with van der Waals surface area (Å²) in [4.78, 5) is 14.7. The van der Waals surface area contributed by atoms with Gasteiger partial charge in [-0.05, 0) is 51.0 Å². The summed E-state index contributed by atoms with van der Waals surface area (Å²) in [7, 11) is 0. The average Bonchev–Trinajstić information content (AvgIpc) is 2.88. The number of carbonyl (C=O) groups is 1. The molecule has 0 radical (unpaired) electrons. The SMILES string of the molecule is CCOc1ccc(-c2nnc(SC(C)C(=O)N3CCCCCC3)n2N)cc1. The lowest BCUT2D eigenvalue weighted by Crippen LogP contribution is -2.37. The Kier molecular flexibility index (Phi) is 6.60. The van der Waals surface area contributed by atoms with Crippen LogP contribution in [0.3, 0.4) is 0 Å². The zero-order chi connectivity index (χ0) is 19.2. The first kappa shape index (κ1) is 19.5. The van der Waals surface area contributed by atoms with Crippen molar-refractivity contribution in [3.8, 4) is 17.1 Å². The highest BCUT2D eigenvalue weighted by Gasteiger charge is 2.24. The van der Waals surface area contributed by atoms with Gasteiger partial charge in [-0.1, -0.05) is 24.6 Å². The van der Waals surface area contributed by atoms with Gasteiger partial charge >= 0.3 is 0 Å². The smallest absolute Gasteiger partial charge is 0.235 e. The third-order valence-corrected chi connectivity index (χ3v) is 5.68. The van der Waals surface area contributed by atoms with E-state index in [1.54, 1.807) is 0 Å². The Balaban J connectivity index is 1.68. The first-order valence-electron chi connectivity index (χ1n) is 9.49. The van der Waals surface area contributed by atoms with Crippen LogP contribution in [0.15, 0.2) is 29.4 Å². The molecule has 1 aliphatic rings. The quantitative estimate of drug-likeness (QED) is 0.604. The van der Waals surface area contributed by atoms with Crippen LogP contribution >= 0.6 is 11.8 Å². The molecule has 2 aromatic rings. The van der Waals surface area contributed by atoms with E-state index in [-0.39, 0.29) is 11.2 Å². The van der Waals surface area contributed by atoms with Crippen molar-refractivity contribution in [2.45, 2.75) is 49.9 Å². The molecule has 8 heteroatoms. The van der Waals surface area contributed by atoms with Crippen LogP contribution in [0.25, 0.3) is 11.4 Å². The van der Waals surface area contributed by atoms with E-state index in [0.29, 0.717) is 17.6 Å². The van der Waals surface area contributed by atoms with E-state index in [4.69, 9.17) is 10.6 Å². The molecule has 2 heterocycles. The molecule has 1 aromatic carbocycles. The molecule has 3 rings (SSSR count). The fourth-order valence-corrected chi connectivity index (χ4v) is 4.03. The molecule has 146 valence electrons. The molecule has 1 aromatic heterocycles. The van der Waals surface area contributed by atoms with Crippen molar-refractivity contribution >= 4 is 17.7 Å². The second kappa shape index (κ2) is 9.12. The Hall–Kier alpha value is -2.22. The fraction of sp³-hybridized carbons (Fsp3) is 0.526. The van der Waals surface area contributed by atoms with Crippen LogP contribution in [0.4, 0.5) is 0 Å². The summed E-state index contributed by atoms with van der Waals surface area (Å²) >= 11 is 1.35. The zero-order valence-electron chi connectivity index (χ0n) is 15.9. The first-order valence-corrected chi connectivity index (χ1v) is 10.4. The number of likely N-dealkylation sites (tertiary alicyclic amines) is 1. The lowest BCUT2D eigenvalue weighted by molar-refractivity contribution is -0.130. The summed E-state index contributed by atoms with van der Waals surface area (Å²) in [6.07, 6.45) is 4.57. The van der Waals surface area contributed by atoms with Crippen LogP contribution in [0.1, 0.15) is 39.5 Å². The normalized spacial score (nSPS) is 16.0. The standard InChI is InChI=1S/C19H27N5O2S/c1-3-26-16-10-8-15(9-11-16)17-21-22-19(24(17)20)27-14(2)18(25)23-12-6-4-5-7-13-23/h8-11,14H,3-7,12-13,20H2,1-2H3. The summed E-state index contributed by atoms with van der Waals surface area (Å²) < 4.78 is 6.91. The minimum Gasteiger partial charge on any atom is -0.494 e. The Labute approximate surface area is 164 Å². The zero-order valence-corrected chi connectivity index (χ0v) is 16.7. The van der Waals surface area contributed by atoms with Crippen LogP contribution < -0.4 is 10.6 Å². The molecule has 2 N–H and O–H groups in total. The third-order valence-electron chi connectivity index (χ3n) is 4.64. The molecule has 0 saturated carbocycles. The lowest BCUT2D eigenvalue weighted by Gasteiger charge is -2.23. The van der Waals surface area contributed by atoms with Crippen molar-refractivity contribution < 1.29 is 9.53 Å². The van der Waals surface area contributed by atoms with Gasteiger partial charge in [-0.3, -0.25) is 4.79 Å².